The summed E-state index contributed by atoms with van der Waals surface area (Å²) in [4.78, 5) is 35.5. The Balaban J connectivity index is 1.73. The van der Waals surface area contributed by atoms with Crippen LogP contribution >= 0.6 is 0 Å². The number of carbonyl (C=O) groups is 2. The van der Waals surface area contributed by atoms with Crippen LogP contribution < -0.4 is 15.8 Å². The highest BCUT2D eigenvalue weighted by molar-refractivity contribution is 5.98. The van der Waals surface area contributed by atoms with Gasteiger partial charge in [-0.25, -0.2) is 0 Å². The van der Waals surface area contributed by atoms with Gasteiger partial charge >= 0.3 is 0 Å². The standard InChI is InChI=1S/C22H20N4O4/c1-16(23-22(28)17-9-8-14-20(15-17)26(29)30)21(27)24-25(18-10-4-2-5-11-18)19-12-6-3-7-13-19/h2-16H,1H3,(H,23,28)(H,24,27). The molecule has 0 heterocycles. The summed E-state index contributed by atoms with van der Waals surface area (Å²) in [7, 11) is 0. The molecule has 152 valence electrons. The van der Waals surface area contributed by atoms with Crippen molar-refractivity contribution >= 4 is 28.9 Å². The van der Waals surface area contributed by atoms with E-state index in [1.807, 2.05) is 60.7 Å². The molecule has 3 rings (SSSR count). The second kappa shape index (κ2) is 9.33. The Labute approximate surface area is 173 Å². The van der Waals surface area contributed by atoms with Crippen molar-refractivity contribution < 1.29 is 14.5 Å². The van der Waals surface area contributed by atoms with Crippen molar-refractivity contribution in [3.8, 4) is 0 Å². The molecule has 1 unspecified atom stereocenters. The average molecular weight is 404 g/mol. The van der Waals surface area contributed by atoms with Crippen molar-refractivity contribution in [2.75, 3.05) is 5.01 Å². The highest BCUT2D eigenvalue weighted by atomic mass is 16.6. The monoisotopic (exact) mass is 404 g/mol. The van der Waals surface area contributed by atoms with Crippen LogP contribution in [0.15, 0.2) is 84.9 Å². The minimum Gasteiger partial charge on any atom is -0.340 e. The number of para-hydroxylation sites is 2. The van der Waals surface area contributed by atoms with Crippen molar-refractivity contribution in [3.05, 3.63) is 101 Å². The molecular formula is C22H20N4O4. The lowest BCUT2D eigenvalue weighted by atomic mass is 10.1. The van der Waals surface area contributed by atoms with Crippen LogP contribution in [0.1, 0.15) is 17.3 Å². The summed E-state index contributed by atoms with van der Waals surface area (Å²) in [6, 6.07) is 23.0. The molecule has 3 aromatic carbocycles. The lowest BCUT2D eigenvalue weighted by Crippen LogP contribution is -2.50. The van der Waals surface area contributed by atoms with E-state index in [9.17, 15) is 19.7 Å². The molecule has 0 saturated heterocycles. The second-order valence-electron chi connectivity index (χ2n) is 6.49. The van der Waals surface area contributed by atoms with Crippen LogP contribution in [-0.2, 0) is 4.79 Å². The lowest BCUT2D eigenvalue weighted by Gasteiger charge is -2.27. The summed E-state index contributed by atoms with van der Waals surface area (Å²) >= 11 is 0. The Kier molecular flexibility index (Phi) is 6.39. The molecule has 8 heteroatoms. The maximum atomic E-state index is 12.8. The normalized spacial score (nSPS) is 11.2. The van der Waals surface area contributed by atoms with Crippen LogP contribution in [0.25, 0.3) is 0 Å². The summed E-state index contributed by atoms with van der Waals surface area (Å²) in [5, 5.41) is 15.1. The Morgan fingerprint density at radius 3 is 2.00 bits per heavy atom. The number of hydrogen-bond acceptors (Lipinski definition) is 5. The van der Waals surface area contributed by atoms with Gasteiger partial charge in [0.05, 0.1) is 16.3 Å². The minimum atomic E-state index is -0.883. The van der Waals surface area contributed by atoms with Crippen molar-refractivity contribution in [2.24, 2.45) is 0 Å². The fourth-order valence-corrected chi connectivity index (χ4v) is 2.75. The number of nitro benzene ring substituents is 1. The van der Waals surface area contributed by atoms with Gasteiger partial charge in [0.25, 0.3) is 17.5 Å². The number of rotatable bonds is 7. The molecule has 3 aromatic rings. The average Bonchev–Trinajstić information content (AvgIpc) is 2.78. The van der Waals surface area contributed by atoms with E-state index in [0.717, 1.165) is 11.4 Å². The number of amides is 2. The summed E-state index contributed by atoms with van der Waals surface area (Å²) in [5.41, 5.74) is 4.20. The third-order valence-electron chi connectivity index (χ3n) is 4.31. The number of nitro groups is 1. The number of hydrazine groups is 1. The number of nitrogens with one attached hydrogen (secondary N) is 2. The van der Waals surface area contributed by atoms with Gasteiger partial charge in [-0.3, -0.25) is 30.1 Å². The van der Waals surface area contributed by atoms with Gasteiger partial charge in [0, 0.05) is 17.7 Å². The summed E-state index contributed by atoms with van der Waals surface area (Å²) < 4.78 is 0. The van der Waals surface area contributed by atoms with E-state index in [2.05, 4.69) is 10.7 Å². The Bertz CT molecular complexity index is 1000. The van der Waals surface area contributed by atoms with Gasteiger partial charge in [0.2, 0.25) is 0 Å². The highest BCUT2D eigenvalue weighted by Gasteiger charge is 2.21. The van der Waals surface area contributed by atoms with E-state index >= 15 is 0 Å². The summed E-state index contributed by atoms with van der Waals surface area (Å²) in [5.74, 6) is -1.02. The number of nitrogens with zero attached hydrogens (tertiary/aromatic N) is 2. The van der Waals surface area contributed by atoms with Crippen LogP contribution in [0.3, 0.4) is 0 Å². The topological polar surface area (TPSA) is 105 Å². The molecule has 8 nitrogen and oxygen atoms in total. The van der Waals surface area contributed by atoms with Crippen LogP contribution in [0.4, 0.5) is 17.1 Å². The number of anilines is 2. The molecule has 2 N–H and O–H groups in total. The van der Waals surface area contributed by atoms with Crippen molar-refractivity contribution in [3.63, 3.8) is 0 Å². The molecular weight excluding hydrogens is 384 g/mol. The molecule has 0 aliphatic rings. The zero-order chi connectivity index (χ0) is 21.5. The van der Waals surface area contributed by atoms with Gasteiger partial charge in [-0.15, -0.1) is 0 Å². The molecule has 30 heavy (non-hydrogen) atoms. The van der Waals surface area contributed by atoms with E-state index < -0.39 is 22.8 Å². The van der Waals surface area contributed by atoms with Crippen LogP contribution in [0.2, 0.25) is 0 Å². The van der Waals surface area contributed by atoms with Crippen molar-refractivity contribution in [2.45, 2.75) is 13.0 Å². The molecule has 0 aliphatic heterocycles. The smallest absolute Gasteiger partial charge is 0.270 e. The van der Waals surface area contributed by atoms with Crippen molar-refractivity contribution in [1.29, 1.82) is 0 Å². The fraction of sp³-hybridized carbons (Fsp3) is 0.0909. The van der Waals surface area contributed by atoms with Gasteiger partial charge in [0.15, 0.2) is 0 Å². The molecule has 0 fully saturated rings. The van der Waals surface area contributed by atoms with Gasteiger partial charge in [0.1, 0.15) is 6.04 Å². The molecule has 1 atom stereocenters. The van der Waals surface area contributed by atoms with E-state index in [0.29, 0.717) is 0 Å². The zero-order valence-electron chi connectivity index (χ0n) is 16.2. The van der Waals surface area contributed by atoms with Crippen LogP contribution in [0.5, 0.6) is 0 Å². The van der Waals surface area contributed by atoms with Gasteiger partial charge < -0.3 is 5.32 Å². The quantitative estimate of drug-likeness (QED) is 0.463. The van der Waals surface area contributed by atoms with Gasteiger partial charge in [-0.2, -0.15) is 0 Å². The van der Waals surface area contributed by atoms with Crippen molar-refractivity contribution in [1.82, 2.24) is 10.7 Å². The molecule has 0 aromatic heterocycles. The highest BCUT2D eigenvalue weighted by Crippen LogP contribution is 2.22. The first kappa shape index (κ1) is 20.5. The molecule has 0 radical (unpaired) electrons. The number of carbonyl (C=O) groups excluding carboxylic acids is 2. The summed E-state index contributed by atoms with van der Waals surface area (Å²) in [6.45, 7) is 1.54. The first-order chi connectivity index (χ1) is 14.5. The SMILES string of the molecule is CC(NC(=O)c1cccc([N+](=O)[O-])c1)C(=O)NN(c1ccccc1)c1ccccc1. The third kappa shape index (κ3) is 4.99. The van der Waals surface area contributed by atoms with Crippen LogP contribution in [0, 0.1) is 10.1 Å². The zero-order valence-corrected chi connectivity index (χ0v) is 16.2. The Hall–Kier alpha value is -4.20. The fourth-order valence-electron chi connectivity index (χ4n) is 2.75. The first-order valence-electron chi connectivity index (χ1n) is 9.22. The second-order valence-corrected chi connectivity index (χ2v) is 6.49. The third-order valence-corrected chi connectivity index (χ3v) is 4.31. The molecule has 2 amide bonds. The Morgan fingerprint density at radius 1 is 0.900 bits per heavy atom. The maximum Gasteiger partial charge on any atom is 0.270 e. The Morgan fingerprint density at radius 2 is 1.47 bits per heavy atom. The predicted octanol–water partition coefficient (Wildman–Crippen LogP) is 3.58. The molecule has 0 aliphatic carbocycles. The van der Waals surface area contributed by atoms with E-state index in [-0.39, 0.29) is 11.3 Å². The lowest BCUT2D eigenvalue weighted by molar-refractivity contribution is -0.384. The number of benzene rings is 3. The first-order valence-corrected chi connectivity index (χ1v) is 9.22. The van der Waals surface area contributed by atoms with Gasteiger partial charge in [-0.1, -0.05) is 42.5 Å². The van der Waals surface area contributed by atoms with E-state index in [4.69, 9.17) is 0 Å². The molecule has 0 bridgehead atoms. The minimum absolute atomic E-state index is 0.104. The molecule has 0 spiro atoms. The largest absolute Gasteiger partial charge is 0.340 e. The number of non-ortho nitro benzene ring substituents is 1. The van der Waals surface area contributed by atoms with E-state index in [1.54, 1.807) is 11.9 Å². The maximum absolute atomic E-state index is 12.8. The summed E-state index contributed by atoms with van der Waals surface area (Å²) in [6.07, 6.45) is 0. The molecule has 0 saturated carbocycles. The van der Waals surface area contributed by atoms with E-state index in [1.165, 1.54) is 24.3 Å². The number of hydrogen-bond donors (Lipinski definition) is 2. The van der Waals surface area contributed by atoms with Gasteiger partial charge in [-0.05, 0) is 37.3 Å². The predicted molar refractivity (Wildman–Crippen MR) is 113 cm³/mol. The van der Waals surface area contributed by atoms with Crippen LogP contribution in [-0.4, -0.2) is 22.8 Å².